The van der Waals surface area contributed by atoms with Crippen LogP contribution in [0.1, 0.15) is 19.8 Å². The van der Waals surface area contributed by atoms with Crippen LogP contribution >= 0.6 is 0 Å². The second kappa shape index (κ2) is 4.22. The van der Waals surface area contributed by atoms with E-state index in [0.717, 1.165) is 12.8 Å². The summed E-state index contributed by atoms with van der Waals surface area (Å²) in [7, 11) is 0. The van der Waals surface area contributed by atoms with Crippen LogP contribution in [-0.2, 0) is 4.79 Å². The molecule has 3 nitrogen and oxygen atoms in total. The maximum atomic E-state index is 12.6. The fourth-order valence-electron chi connectivity index (χ4n) is 1.40. The Labute approximate surface area is 94.0 Å². The second-order valence-electron chi connectivity index (χ2n) is 4.47. The summed E-state index contributed by atoms with van der Waals surface area (Å²) in [5, 5.41) is 5.88. The number of halogens is 1. The number of amides is 1. The van der Waals surface area contributed by atoms with Crippen LogP contribution in [0.5, 0.6) is 0 Å². The zero-order valence-corrected chi connectivity index (χ0v) is 9.22. The first-order valence-corrected chi connectivity index (χ1v) is 5.38. The molecule has 0 unspecified atom stereocenters. The van der Waals surface area contributed by atoms with Gasteiger partial charge in [0.15, 0.2) is 0 Å². The molecule has 2 N–H and O–H groups in total. The molecule has 0 atom stereocenters. The van der Waals surface area contributed by atoms with Crippen molar-refractivity contribution in [3.63, 3.8) is 0 Å². The predicted molar refractivity (Wildman–Crippen MR) is 60.7 cm³/mol. The van der Waals surface area contributed by atoms with Crippen molar-refractivity contribution in [1.82, 2.24) is 5.32 Å². The SMILES string of the molecule is CC1(NCC(=O)Nc2ccc(F)cc2)CC1. The van der Waals surface area contributed by atoms with E-state index in [1.165, 1.54) is 12.1 Å². The molecule has 1 aromatic carbocycles. The number of nitrogens with one attached hydrogen (secondary N) is 2. The summed E-state index contributed by atoms with van der Waals surface area (Å²) >= 11 is 0. The molecule has 1 aromatic rings. The summed E-state index contributed by atoms with van der Waals surface area (Å²) in [4.78, 5) is 11.5. The van der Waals surface area contributed by atoms with Crippen molar-refractivity contribution >= 4 is 11.6 Å². The molecule has 0 spiro atoms. The highest BCUT2D eigenvalue weighted by atomic mass is 19.1. The Hall–Kier alpha value is -1.42. The Morgan fingerprint density at radius 2 is 2.00 bits per heavy atom. The zero-order valence-electron chi connectivity index (χ0n) is 9.22. The summed E-state index contributed by atoms with van der Waals surface area (Å²) in [6, 6.07) is 5.74. The van der Waals surface area contributed by atoms with Crippen molar-refractivity contribution in [1.29, 1.82) is 0 Å². The lowest BCUT2D eigenvalue weighted by molar-refractivity contribution is -0.115. The van der Waals surface area contributed by atoms with Gasteiger partial charge >= 0.3 is 0 Å². The minimum absolute atomic E-state index is 0.0975. The van der Waals surface area contributed by atoms with Gasteiger partial charge < -0.3 is 10.6 Å². The highest BCUT2D eigenvalue weighted by molar-refractivity contribution is 5.92. The molecule has 86 valence electrons. The van der Waals surface area contributed by atoms with Gasteiger partial charge in [-0.05, 0) is 44.0 Å². The van der Waals surface area contributed by atoms with E-state index in [0.29, 0.717) is 12.2 Å². The van der Waals surface area contributed by atoms with Crippen LogP contribution < -0.4 is 10.6 Å². The van der Waals surface area contributed by atoms with Gasteiger partial charge in [0.05, 0.1) is 6.54 Å². The topological polar surface area (TPSA) is 41.1 Å². The molecule has 0 heterocycles. The number of hydrogen-bond donors (Lipinski definition) is 2. The number of carbonyl (C=O) groups is 1. The largest absolute Gasteiger partial charge is 0.325 e. The molecule has 1 aliphatic carbocycles. The lowest BCUT2D eigenvalue weighted by Crippen LogP contribution is -2.35. The molecule has 4 heteroatoms. The Morgan fingerprint density at radius 1 is 1.38 bits per heavy atom. The van der Waals surface area contributed by atoms with Crippen LogP contribution in [-0.4, -0.2) is 18.0 Å². The molecule has 1 amide bonds. The lowest BCUT2D eigenvalue weighted by atomic mass is 10.3. The van der Waals surface area contributed by atoms with Crippen LogP contribution in [0.4, 0.5) is 10.1 Å². The summed E-state index contributed by atoms with van der Waals surface area (Å²) in [6.45, 7) is 2.39. The average Bonchev–Trinajstić information content (AvgIpc) is 2.98. The van der Waals surface area contributed by atoms with Crippen LogP contribution in [0.3, 0.4) is 0 Å². The second-order valence-corrected chi connectivity index (χ2v) is 4.47. The molecule has 1 fully saturated rings. The van der Waals surface area contributed by atoms with E-state index in [-0.39, 0.29) is 17.3 Å². The van der Waals surface area contributed by atoms with Gasteiger partial charge in [0, 0.05) is 11.2 Å². The van der Waals surface area contributed by atoms with Gasteiger partial charge in [0.1, 0.15) is 5.82 Å². The van der Waals surface area contributed by atoms with Crippen LogP contribution in [0.2, 0.25) is 0 Å². The first kappa shape index (κ1) is 11.1. The summed E-state index contributed by atoms with van der Waals surface area (Å²) in [6.07, 6.45) is 2.24. The fourth-order valence-corrected chi connectivity index (χ4v) is 1.40. The Balaban J connectivity index is 1.80. The molecular weight excluding hydrogens is 207 g/mol. The monoisotopic (exact) mass is 222 g/mol. The van der Waals surface area contributed by atoms with Gasteiger partial charge in [-0.1, -0.05) is 0 Å². The molecule has 1 saturated carbocycles. The van der Waals surface area contributed by atoms with Crippen LogP contribution in [0.25, 0.3) is 0 Å². The number of anilines is 1. The van der Waals surface area contributed by atoms with Gasteiger partial charge in [-0.15, -0.1) is 0 Å². The van der Waals surface area contributed by atoms with Gasteiger partial charge in [0.25, 0.3) is 0 Å². The highest BCUT2D eigenvalue weighted by Gasteiger charge is 2.36. The van der Waals surface area contributed by atoms with E-state index < -0.39 is 0 Å². The smallest absolute Gasteiger partial charge is 0.238 e. The molecule has 2 rings (SSSR count). The van der Waals surface area contributed by atoms with E-state index in [2.05, 4.69) is 17.6 Å². The molecule has 0 saturated heterocycles. The van der Waals surface area contributed by atoms with Crippen molar-refractivity contribution in [2.24, 2.45) is 0 Å². The quantitative estimate of drug-likeness (QED) is 0.817. The van der Waals surface area contributed by atoms with Crippen molar-refractivity contribution in [3.05, 3.63) is 30.1 Å². The average molecular weight is 222 g/mol. The minimum atomic E-state index is -0.304. The molecule has 1 aliphatic rings. The van der Waals surface area contributed by atoms with Gasteiger partial charge in [-0.25, -0.2) is 4.39 Å². The van der Waals surface area contributed by atoms with Gasteiger partial charge in [0.2, 0.25) is 5.91 Å². The minimum Gasteiger partial charge on any atom is -0.325 e. The summed E-state index contributed by atoms with van der Waals surface area (Å²) < 4.78 is 12.6. The zero-order chi connectivity index (χ0) is 11.6. The molecule has 0 radical (unpaired) electrons. The van der Waals surface area contributed by atoms with Crippen molar-refractivity contribution in [3.8, 4) is 0 Å². The summed E-state index contributed by atoms with van der Waals surface area (Å²) in [5.41, 5.74) is 0.772. The molecule has 0 aliphatic heterocycles. The van der Waals surface area contributed by atoms with Crippen molar-refractivity contribution in [2.45, 2.75) is 25.3 Å². The molecule has 16 heavy (non-hydrogen) atoms. The maximum absolute atomic E-state index is 12.6. The standard InChI is InChI=1S/C12H15FN2O/c1-12(6-7-12)14-8-11(16)15-10-4-2-9(13)3-5-10/h2-5,14H,6-8H2,1H3,(H,15,16). The summed E-state index contributed by atoms with van der Waals surface area (Å²) in [5.74, 6) is -0.402. The number of hydrogen-bond acceptors (Lipinski definition) is 2. The van der Waals surface area contributed by atoms with Gasteiger partial charge in [-0.3, -0.25) is 4.79 Å². The third-order valence-electron chi connectivity index (χ3n) is 2.80. The first-order valence-electron chi connectivity index (χ1n) is 5.38. The van der Waals surface area contributed by atoms with Crippen molar-refractivity contribution in [2.75, 3.05) is 11.9 Å². The number of rotatable bonds is 4. The lowest BCUT2D eigenvalue weighted by Gasteiger charge is -2.11. The van der Waals surface area contributed by atoms with E-state index in [1.54, 1.807) is 12.1 Å². The Bertz CT molecular complexity index is 385. The number of benzene rings is 1. The third kappa shape index (κ3) is 3.03. The van der Waals surface area contributed by atoms with E-state index >= 15 is 0 Å². The highest BCUT2D eigenvalue weighted by Crippen LogP contribution is 2.33. The van der Waals surface area contributed by atoms with Crippen LogP contribution in [0.15, 0.2) is 24.3 Å². The van der Waals surface area contributed by atoms with E-state index in [4.69, 9.17) is 0 Å². The fraction of sp³-hybridized carbons (Fsp3) is 0.417. The van der Waals surface area contributed by atoms with E-state index in [1.807, 2.05) is 0 Å². The van der Waals surface area contributed by atoms with E-state index in [9.17, 15) is 9.18 Å². The predicted octanol–water partition coefficient (Wildman–Crippen LogP) is 1.91. The Kier molecular flexibility index (Phi) is 2.92. The van der Waals surface area contributed by atoms with Crippen LogP contribution in [0, 0.1) is 5.82 Å². The Morgan fingerprint density at radius 3 is 2.56 bits per heavy atom. The molecular formula is C12H15FN2O. The first-order chi connectivity index (χ1) is 7.57. The maximum Gasteiger partial charge on any atom is 0.238 e. The van der Waals surface area contributed by atoms with Crippen molar-refractivity contribution < 1.29 is 9.18 Å². The normalized spacial score (nSPS) is 16.9. The molecule has 0 bridgehead atoms. The van der Waals surface area contributed by atoms with Gasteiger partial charge in [-0.2, -0.15) is 0 Å². The third-order valence-corrected chi connectivity index (χ3v) is 2.80. The number of carbonyl (C=O) groups excluding carboxylic acids is 1. The molecule has 0 aromatic heterocycles.